The quantitative estimate of drug-likeness (QED) is 0.727. The smallest absolute Gasteiger partial charge is 0.248 e. The van der Waals surface area contributed by atoms with E-state index in [1.807, 2.05) is 13.8 Å². The Morgan fingerprint density at radius 3 is 2.35 bits per heavy atom. The van der Waals surface area contributed by atoms with Gasteiger partial charge in [-0.25, -0.2) is 0 Å². The van der Waals surface area contributed by atoms with Crippen LogP contribution in [0.4, 0.5) is 5.69 Å². The Morgan fingerprint density at radius 1 is 1.41 bits per heavy atom. The highest BCUT2D eigenvalue weighted by atomic mass is 16.3. The first-order chi connectivity index (χ1) is 7.83. The number of hydrogen-bond donors (Lipinski definition) is 3. The van der Waals surface area contributed by atoms with Crippen molar-refractivity contribution in [3.63, 3.8) is 0 Å². The lowest BCUT2D eigenvalue weighted by molar-refractivity contribution is 0.0266. The molecule has 0 saturated carbocycles. The molecule has 17 heavy (non-hydrogen) atoms. The Morgan fingerprint density at radius 2 is 1.94 bits per heavy atom. The van der Waals surface area contributed by atoms with E-state index >= 15 is 0 Å². The number of primary amides is 1. The van der Waals surface area contributed by atoms with E-state index in [-0.39, 0.29) is 5.92 Å². The summed E-state index contributed by atoms with van der Waals surface area (Å²) in [6.07, 6.45) is 0. The molecule has 0 aliphatic carbocycles. The molecule has 4 N–H and O–H groups in total. The molecule has 1 aromatic carbocycles. The van der Waals surface area contributed by atoms with Gasteiger partial charge in [0.15, 0.2) is 0 Å². The van der Waals surface area contributed by atoms with Crippen LogP contribution in [-0.2, 0) is 0 Å². The third-order valence-electron chi connectivity index (χ3n) is 3.06. The standard InChI is InChI=1S/C13H20N2O2/c1-9(2)13(3,17)8-15-11-6-4-10(5-7-11)12(14)16/h4-7,9,15,17H,8H2,1-3H3,(H2,14,16). The van der Waals surface area contributed by atoms with Crippen molar-refractivity contribution in [2.45, 2.75) is 26.4 Å². The van der Waals surface area contributed by atoms with Crippen molar-refractivity contribution in [2.24, 2.45) is 11.7 Å². The lowest BCUT2D eigenvalue weighted by atomic mass is 9.92. The summed E-state index contributed by atoms with van der Waals surface area (Å²) in [5, 5.41) is 13.2. The zero-order valence-electron chi connectivity index (χ0n) is 10.5. The molecule has 0 aliphatic heterocycles. The van der Waals surface area contributed by atoms with Gasteiger partial charge in [-0.2, -0.15) is 0 Å². The number of nitrogens with one attached hydrogen (secondary N) is 1. The van der Waals surface area contributed by atoms with Crippen molar-refractivity contribution in [1.29, 1.82) is 0 Å². The van der Waals surface area contributed by atoms with Gasteiger partial charge in [-0.1, -0.05) is 13.8 Å². The number of hydrogen-bond acceptors (Lipinski definition) is 3. The van der Waals surface area contributed by atoms with Gasteiger partial charge < -0.3 is 16.2 Å². The summed E-state index contributed by atoms with van der Waals surface area (Å²) in [6, 6.07) is 6.87. The molecular formula is C13H20N2O2. The molecule has 0 heterocycles. The fourth-order valence-corrected chi connectivity index (χ4v) is 1.24. The van der Waals surface area contributed by atoms with E-state index in [1.54, 1.807) is 31.2 Å². The van der Waals surface area contributed by atoms with Gasteiger partial charge in [0.05, 0.1) is 5.60 Å². The maximum absolute atomic E-state index is 10.9. The predicted octanol–water partition coefficient (Wildman–Crippen LogP) is 1.60. The molecule has 4 heteroatoms. The van der Waals surface area contributed by atoms with Gasteiger partial charge >= 0.3 is 0 Å². The van der Waals surface area contributed by atoms with Crippen LogP contribution in [0.1, 0.15) is 31.1 Å². The molecule has 0 aromatic heterocycles. The van der Waals surface area contributed by atoms with Crippen LogP contribution in [-0.4, -0.2) is 23.2 Å². The average molecular weight is 236 g/mol. The van der Waals surface area contributed by atoms with Gasteiger partial charge in [-0.05, 0) is 37.1 Å². The van der Waals surface area contributed by atoms with Crippen LogP contribution in [0.5, 0.6) is 0 Å². The molecule has 1 atom stereocenters. The minimum Gasteiger partial charge on any atom is -0.388 e. The van der Waals surface area contributed by atoms with E-state index in [4.69, 9.17) is 5.73 Å². The minimum atomic E-state index is -0.762. The Bertz CT molecular complexity index is 383. The van der Waals surface area contributed by atoms with Gasteiger partial charge in [-0.15, -0.1) is 0 Å². The number of anilines is 1. The summed E-state index contributed by atoms with van der Waals surface area (Å²) in [4.78, 5) is 10.9. The second-order valence-electron chi connectivity index (χ2n) is 4.81. The van der Waals surface area contributed by atoms with E-state index < -0.39 is 11.5 Å². The minimum absolute atomic E-state index is 0.167. The predicted molar refractivity (Wildman–Crippen MR) is 68.9 cm³/mol. The number of aliphatic hydroxyl groups is 1. The van der Waals surface area contributed by atoms with Crippen molar-refractivity contribution < 1.29 is 9.90 Å². The zero-order chi connectivity index (χ0) is 13.1. The Labute approximate surface area is 102 Å². The molecular weight excluding hydrogens is 216 g/mol. The summed E-state index contributed by atoms with van der Waals surface area (Å²) < 4.78 is 0. The van der Waals surface area contributed by atoms with E-state index in [0.29, 0.717) is 12.1 Å². The lowest BCUT2D eigenvalue weighted by Gasteiger charge is -2.28. The van der Waals surface area contributed by atoms with Crippen LogP contribution in [0.15, 0.2) is 24.3 Å². The summed E-state index contributed by atoms with van der Waals surface area (Å²) in [7, 11) is 0. The number of nitrogens with two attached hydrogens (primary N) is 1. The number of benzene rings is 1. The topological polar surface area (TPSA) is 75.3 Å². The average Bonchev–Trinajstić information content (AvgIpc) is 2.27. The second kappa shape index (κ2) is 5.19. The molecule has 0 saturated heterocycles. The van der Waals surface area contributed by atoms with Crippen molar-refractivity contribution in [3.05, 3.63) is 29.8 Å². The molecule has 0 bridgehead atoms. The number of carbonyl (C=O) groups excluding carboxylic acids is 1. The lowest BCUT2D eigenvalue weighted by Crippen LogP contribution is -2.38. The van der Waals surface area contributed by atoms with Crippen LogP contribution in [0.25, 0.3) is 0 Å². The molecule has 0 spiro atoms. The van der Waals surface area contributed by atoms with Crippen LogP contribution in [0, 0.1) is 5.92 Å². The molecule has 0 aliphatic rings. The summed E-state index contributed by atoms with van der Waals surface area (Å²) in [5.74, 6) is -0.273. The van der Waals surface area contributed by atoms with Crippen molar-refractivity contribution in [2.75, 3.05) is 11.9 Å². The molecule has 1 aromatic rings. The zero-order valence-corrected chi connectivity index (χ0v) is 10.5. The molecule has 4 nitrogen and oxygen atoms in total. The van der Waals surface area contributed by atoms with Crippen LogP contribution >= 0.6 is 0 Å². The van der Waals surface area contributed by atoms with E-state index in [1.165, 1.54) is 0 Å². The molecule has 1 unspecified atom stereocenters. The van der Waals surface area contributed by atoms with Gasteiger partial charge in [0.25, 0.3) is 0 Å². The Hall–Kier alpha value is -1.55. The Balaban J connectivity index is 2.62. The second-order valence-corrected chi connectivity index (χ2v) is 4.81. The van der Waals surface area contributed by atoms with Gasteiger partial charge in [0, 0.05) is 17.8 Å². The summed E-state index contributed by atoms with van der Waals surface area (Å²) in [6.45, 7) is 6.19. The number of amides is 1. The third-order valence-corrected chi connectivity index (χ3v) is 3.06. The normalized spacial score (nSPS) is 14.4. The highest BCUT2D eigenvalue weighted by Crippen LogP contribution is 2.17. The summed E-state index contributed by atoms with van der Waals surface area (Å²) >= 11 is 0. The van der Waals surface area contributed by atoms with Gasteiger partial charge in [-0.3, -0.25) is 4.79 Å². The van der Waals surface area contributed by atoms with E-state index in [0.717, 1.165) is 5.69 Å². The third kappa shape index (κ3) is 3.75. The first kappa shape index (κ1) is 13.5. The first-order valence-corrected chi connectivity index (χ1v) is 5.69. The fourth-order valence-electron chi connectivity index (χ4n) is 1.24. The van der Waals surface area contributed by atoms with Crippen LogP contribution in [0.3, 0.4) is 0 Å². The van der Waals surface area contributed by atoms with Crippen LogP contribution in [0.2, 0.25) is 0 Å². The van der Waals surface area contributed by atoms with Crippen LogP contribution < -0.4 is 11.1 Å². The number of rotatable bonds is 5. The van der Waals surface area contributed by atoms with Crippen molar-refractivity contribution in [3.8, 4) is 0 Å². The Kier molecular flexibility index (Phi) is 4.12. The van der Waals surface area contributed by atoms with E-state index in [2.05, 4.69) is 5.32 Å². The highest BCUT2D eigenvalue weighted by molar-refractivity contribution is 5.93. The van der Waals surface area contributed by atoms with E-state index in [9.17, 15) is 9.90 Å². The highest BCUT2D eigenvalue weighted by Gasteiger charge is 2.24. The maximum atomic E-state index is 10.9. The molecule has 1 amide bonds. The first-order valence-electron chi connectivity index (χ1n) is 5.69. The van der Waals surface area contributed by atoms with Gasteiger partial charge in [0.2, 0.25) is 5.91 Å². The molecule has 0 radical (unpaired) electrons. The summed E-state index contributed by atoms with van der Waals surface area (Å²) in [5.41, 5.74) is 5.72. The SMILES string of the molecule is CC(C)C(C)(O)CNc1ccc(C(N)=O)cc1. The molecule has 94 valence electrons. The van der Waals surface area contributed by atoms with Gasteiger partial charge in [0.1, 0.15) is 0 Å². The largest absolute Gasteiger partial charge is 0.388 e. The van der Waals surface area contributed by atoms with Crippen molar-refractivity contribution in [1.82, 2.24) is 0 Å². The monoisotopic (exact) mass is 236 g/mol. The maximum Gasteiger partial charge on any atom is 0.248 e. The fraction of sp³-hybridized carbons (Fsp3) is 0.462. The number of carbonyl (C=O) groups is 1. The van der Waals surface area contributed by atoms with Crippen molar-refractivity contribution >= 4 is 11.6 Å². The molecule has 0 fully saturated rings. The molecule has 1 rings (SSSR count).